The maximum atomic E-state index is 12.9. The Bertz CT molecular complexity index is 1460. The van der Waals surface area contributed by atoms with E-state index in [1.807, 2.05) is 35.1 Å². The number of amides is 1. The van der Waals surface area contributed by atoms with Crippen molar-refractivity contribution in [3.05, 3.63) is 69.6 Å². The van der Waals surface area contributed by atoms with E-state index >= 15 is 0 Å². The number of halogens is 1. The number of aromatic nitrogens is 5. The zero-order chi connectivity index (χ0) is 24.4. The first kappa shape index (κ1) is 23.1. The largest absolute Gasteiger partial charge is 0.354 e. The zero-order valence-electron chi connectivity index (χ0n) is 18.9. The summed E-state index contributed by atoms with van der Waals surface area (Å²) in [7, 11) is 3.22. The molecule has 1 atom stereocenters. The summed E-state index contributed by atoms with van der Waals surface area (Å²) < 4.78 is 5.19. The molecule has 0 aliphatic carbocycles. The van der Waals surface area contributed by atoms with E-state index < -0.39 is 5.91 Å². The molecule has 34 heavy (non-hydrogen) atoms. The van der Waals surface area contributed by atoms with Gasteiger partial charge in [0.1, 0.15) is 22.5 Å². The Labute approximate surface area is 200 Å². The third kappa shape index (κ3) is 4.25. The molecule has 0 radical (unpaired) electrons. The van der Waals surface area contributed by atoms with Crippen LogP contribution in [0.25, 0.3) is 11.0 Å². The van der Waals surface area contributed by atoms with Crippen LogP contribution in [0.1, 0.15) is 35.4 Å². The minimum atomic E-state index is -0.423. The van der Waals surface area contributed by atoms with Gasteiger partial charge in [0, 0.05) is 38.7 Å². The second-order valence-electron chi connectivity index (χ2n) is 7.86. The fourth-order valence-electron chi connectivity index (χ4n) is 3.81. The lowest BCUT2D eigenvalue weighted by Gasteiger charge is -2.13. The van der Waals surface area contributed by atoms with Gasteiger partial charge in [0.15, 0.2) is 0 Å². The highest BCUT2D eigenvalue weighted by Gasteiger charge is 2.17. The minimum absolute atomic E-state index is 0.0728. The molecule has 1 amide bonds. The fourth-order valence-corrected chi connectivity index (χ4v) is 4.05. The number of nitriles is 1. The van der Waals surface area contributed by atoms with Gasteiger partial charge in [0.2, 0.25) is 0 Å². The van der Waals surface area contributed by atoms with Crippen LogP contribution in [-0.2, 0) is 13.6 Å². The van der Waals surface area contributed by atoms with Gasteiger partial charge in [-0.1, -0.05) is 11.6 Å². The second kappa shape index (κ2) is 9.41. The van der Waals surface area contributed by atoms with Gasteiger partial charge in [-0.05, 0) is 43.7 Å². The van der Waals surface area contributed by atoms with Gasteiger partial charge in [-0.3, -0.25) is 18.6 Å². The van der Waals surface area contributed by atoms with Crippen molar-refractivity contribution in [2.45, 2.75) is 25.9 Å². The average Bonchev–Trinajstić information content (AvgIpc) is 3.45. The van der Waals surface area contributed by atoms with Crippen LogP contribution in [0.3, 0.4) is 0 Å². The summed E-state index contributed by atoms with van der Waals surface area (Å²) in [5.74, 6) is -0.423. The van der Waals surface area contributed by atoms with Crippen LogP contribution in [0.4, 0.5) is 11.4 Å². The van der Waals surface area contributed by atoms with E-state index in [0.717, 1.165) is 11.0 Å². The summed E-state index contributed by atoms with van der Waals surface area (Å²) >= 11 is 6.15. The number of carbonyl (C=O) groups is 1. The van der Waals surface area contributed by atoms with Crippen molar-refractivity contribution in [2.24, 2.45) is 7.05 Å². The summed E-state index contributed by atoms with van der Waals surface area (Å²) in [6.07, 6.45) is 4.35. The topological polar surface area (TPSA) is 123 Å². The molecule has 1 aromatic carbocycles. The number of nitrogens with zero attached hydrogens (tertiary/aromatic N) is 6. The quantitative estimate of drug-likeness (QED) is 0.393. The Balaban J connectivity index is 1.70. The summed E-state index contributed by atoms with van der Waals surface area (Å²) in [4.78, 5) is 29.0. The van der Waals surface area contributed by atoms with Gasteiger partial charge < -0.3 is 10.6 Å². The predicted octanol–water partition coefficient (Wildman–Crippen LogP) is 3.21. The maximum absolute atomic E-state index is 12.9. The molecule has 0 saturated carbocycles. The van der Waals surface area contributed by atoms with E-state index in [1.165, 1.54) is 13.1 Å². The highest BCUT2D eigenvalue weighted by Crippen LogP contribution is 2.28. The number of hydrogen-bond donors (Lipinski definition) is 2. The number of nitrogens with one attached hydrogen (secondary N) is 2. The van der Waals surface area contributed by atoms with Crippen LogP contribution in [0.2, 0.25) is 5.15 Å². The molecule has 1 unspecified atom stereocenters. The molecule has 0 bridgehead atoms. The Hall–Kier alpha value is -4.10. The summed E-state index contributed by atoms with van der Waals surface area (Å²) in [6, 6.07) is 11.0. The number of aryl methyl sites for hydroxylation is 2. The molecule has 2 N–H and O–H groups in total. The molecule has 0 saturated heterocycles. The Morgan fingerprint density at radius 1 is 1.29 bits per heavy atom. The van der Waals surface area contributed by atoms with Crippen LogP contribution < -0.4 is 16.3 Å². The molecule has 3 aromatic heterocycles. The van der Waals surface area contributed by atoms with Crippen molar-refractivity contribution >= 4 is 39.9 Å². The lowest BCUT2D eigenvalue weighted by molar-refractivity contribution is 0.0958. The molecule has 3 heterocycles. The maximum Gasteiger partial charge on any atom is 0.328 e. The molecule has 4 aromatic rings. The highest BCUT2D eigenvalue weighted by molar-refractivity contribution is 6.31. The molecular weight excluding hydrogens is 456 g/mol. The number of hydrogen-bond acceptors (Lipinski definition) is 6. The van der Waals surface area contributed by atoms with E-state index in [9.17, 15) is 14.9 Å². The Kier molecular flexibility index (Phi) is 6.38. The molecule has 0 aliphatic rings. The molecule has 174 valence electrons. The van der Waals surface area contributed by atoms with Gasteiger partial charge in [-0.2, -0.15) is 10.4 Å². The van der Waals surface area contributed by atoms with Crippen molar-refractivity contribution in [3.8, 4) is 6.07 Å². The number of carbonyl (C=O) groups excluding carboxylic acids is 1. The van der Waals surface area contributed by atoms with E-state index in [1.54, 1.807) is 28.4 Å². The van der Waals surface area contributed by atoms with E-state index in [4.69, 9.17) is 11.6 Å². The first-order valence-corrected chi connectivity index (χ1v) is 11.0. The standard InChI is InChI=1S/C23H23ClN8O2/c1-14(32-9-4-8-27-32)7-10-31-20-11-15(5-6-19(20)30(3)23(31)34)28-17-12-18(22(33)26-2)29-21(24)16(17)13-25/h4-6,8-9,11-12,14H,7,10H2,1-3H3,(H,26,33)(H,28,29). The van der Waals surface area contributed by atoms with Crippen molar-refractivity contribution in [1.82, 2.24) is 29.2 Å². The van der Waals surface area contributed by atoms with E-state index in [0.29, 0.717) is 24.3 Å². The number of pyridine rings is 1. The van der Waals surface area contributed by atoms with Crippen LogP contribution in [-0.4, -0.2) is 36.9 Å². The molecule has 0 spiro atoms. The zero-order valence-corrected chi connectivity index (χ0v) is 19.7. The van der Waals surface area contributed by atoms with Gasteiger partial charge in [0.05, 0.1) is 22.8 Å². The van der Waals surface area contributed by atoms with Crippen LogP contribution in [0.15, 0.2) is 47.5 Å². The minimum Gasteiger partial charge on any atom is -0.354 e. The van der Waals surface area contributed by atoms with Gasteiger partial charge in [0.25, 0.3) is 5.91 Å². The Morgan fingerprint density at radius 2 is 2.09 bits per heavy atom. The highest BCUT2D eigenvalue weighted by atomic mass is 35.5. The van der Waals surface area contributed by atoms with Gasteiger partial charge in [-0.25, -0.2) is 9.78 Å². The molecule has 10 nitrogen and oxygen atoms in total. The summed E-state index contributed by atoms with van der Waals surface area (Å²) in [6.45, 7) is 2.56. The van der Waals surface area contributed by atoms with Gasteiger partial charge in [-0.15, -0.1) is 0 Å². The normalized spacial score (nSPS) is 11.9. The molecule has 11 heteroatoms. The monoisotopic (exact) mass is 478 g/mol. The molecule has 0 aliphatic heterocycles. The van der Waals surface area contributed by atoms with E-state index in [-0.39, 0.29) is 28.1 Å². The third-order valence-electron chi connectivity index (χ3n) is 5.72. The lowest BCUT2D eigenvalue weighted by Crippen LogP contribution is -2.23. The molecule has 0 fully saturated rings. The summed E-state index contributed by atoms with van der Waals surface area (Å²) in [5.41, 5.74) is 2.58. The second-order valence-corrected chi connectivity index (χ2v) is 8.22. The van der Waals surface area contributed by atoms with Crippen LogP contribution in [0, 0.1) is 11.3 Å². The van der Waals surface area contributed by atoms with Crippen LogP contribution in [0.5, 0.6) is 0 Å². The van der Waals surface area contributed by atoms with Crippen LogP contribution >= 0.6 is 11.6 Å². The fraction of sp³-hybridized carbons (Fsp3) is 0.261. The van der Waals surface area contributed by atoms with Gasteiger partial charge >= 0.3 is 5.69 Å². The lowest BCUT2D eigenvalue weighted by atomic mass is 10.2. The number of fused-ring (bicyclic) bond motifs is 1. The first-order chi connectivity index (χ1) is 16.3. The molecule has 4 rings (SSSR count). The smallest absolute Gasteiger partial charge is 0.328 e. The third-order valence-corrected chi connectivity index (χ3v) is 5.99. The summed E-state index contributed by atoms with van der Waals surface area (Å²) in [5, 5.41) is 19.4. The molecular formula is C23H23ClN8O2. The first-order valence-electron chi connectivity index (χ1n) is 10.6. The predicted molar refractivity (Wildman–Crippen MR) is 129 cm³/mol. The van der Waals surface area contributed by atoms with E-state index in [2.05, 4.69) is 27.6 Å². The van der Waals surface area contributed by atoms with Crippen molar-refractivity contribution in [2.75, 3.05) is 12.4 Å². The van der Waals surface area contributed by atoms with Crippen molar-refractivity contribution < 1.29 is 4.79 Å². The SMILES string of the molecule is CNC(=O)c1cc(Nc2ccc3c(c2)n(CCC(C)n2cccn2)c(=O)n3C)c(C#N)c(Cl)n1. The average molecular weight is 479 g/mol. The van der Waals surface area contributed by atoms with Crippen molar-refractivity contribution in [3.63, 3.8) is 0 Å². The number of rotatable bonds is 7. The number of benzene rings is 1. The van der Waals surface area contributed by atoms with Crippen molar-refractivity contribution in [1.29, 1.82) is 5.26 Å². The number of imidazole rings is 1. The number of anilines is 2. The Morgan fingerprint density at radius 3 is 2.76 bits per heavy atom.